The van der Waals surface area contributed by atoms with Crippen LogP contribution in [0.3, 0.4) is 0 Å². The van der Waals surface area contributed by atoms with E-state index in [0.29, 0.717) is 6.10 Å². The van der Waals surface area contributed by atoms with Crippen molar-refractivity contribution in [3.8, 4) is 0 Å². The van der Waals surface area contributed by atoms with Crippen molar-refractivity contribution >= 4 is 0 Å². The molecule has 0 spiro atoms. The average Bonchev–Trinajstić information content (AvgIpc) is 2.49. The first kappa shape index (κ1) is 15.5. The molecule has 1 aromatic carbocycles. The van der Waals surface area contributed by atoms with Crippen LogP contribution in [0.5, 0.6) is 0 Å². The summed E-state index contributed by atoms with van der Waals surface area (Å²) in [4.78, 5) is 2.54. The predicted octanol–water partition coefficient (Wildman–Crippen LogP) is 2.80. The van der Waals surface area contributed by atoms with Crippen LogP contribution in [-0.2, 0) is 17.8 Å². The minimum atomic E-state index is 0.485. The van der Waals surface area contributed by atoms with Gasteiger partial charge in [-0.2, -0.15) is 0 Å². The molecule has 0 bridgehead atoms. The standard InChI is InChI=1S/C17H28N2O/c1-3-18-13-15-5-7-16(8-6-15)14-19-11-9-17(10-12-19)20-4-2/h5-8,17-18H,3-4,9-14H2,1-2H3. The second-order valence-electron chi connectivity index (χ2n) is 5.53. The van der Waals surface area contributed by atoms with Gasteiger partial charge in [-0.15, -0.1) is 0 Å². The maximum atomic E-state index is 5.70. The van der Waals surface area contributed by atoms with Gasteiger partial charge in [0.15, 0.2) is 0 Å². The van der Waals surface area contributed by atoms with Gasteiger partial charge in [-0.25, -0.2) is 0 Å². The van der Waals surface area contributed by atoms with Gasteiger partial charge in [0.25, 0.3) is 0 Å². The molecule has 1 saturated heterocycles. The van der Waals surface area contributed by atoms with Crippen LogP contribution in [0.1, 0.15) is 37.8 Å². The van der Waals surface area contributed by atoms with Gasteiger partial charge in [0.2, 0.25) is 0 Å². The van der Waals surface area contributed by atoms with Crippen LogP contribution < -0.4 is 5.32 Å². The molecule has 112 valence electrons. The minimum Gasteiger partial charge on any atom is -0.378 e. The zero-order chi connectivity index (χ0) is 14.2. The van der Waals surface area contributed by atoms with Crippen LogP contribution in [0.4, 0.5) is 0 Å². The van der Waals surface area contributed by atoms with E-state index in [-0.39, 0.29) is 0 Å². The lowest BCUT2D eigenvalue weighted by Crippen LogP contribution is -2.36. The Hall–Kier alpha value is -0.900. The van der Waals surface area contributed by atoms with E-state index in [1.165, 1.54) is 24.0 Å². The number of hydrogen-bond acceptors (Lipinski definition) is 3. The monoisotopic (exact) mass is 276 g/mol. The summed E-state index contributed by atoms with van der Waals surface area (Å²) in [5.41, 5.74) is 2.78. The van der Waals surface area contributed by atoms with Gasteiger partial charge >= 0.3 is 0 Å². The molecular formula is C17H28N2O. The van der Waals surface area contributed by atoms with Crippen molar-refractivity contribution in [2.24, 2.45) is 0 Å². The van der Waals surface area contributed by atoms with Crippen LogP contribution in [0.25, 0.3) is 0 Å². The smallest absolute Gasteiger partial charge is 0.0599 e. The van der Waals surface area contributed by atoms with Crippen LogP contribution in [0, 0.1) is 0 Å². The predicted molar refractivity (Wildman–Crippen MR) is 83.7 cm³/mol. The molecule has 2 rings (SSSR count). The Morgan fingerprint density at radius 2 is 1.75 bits per heavy atom. The lowest BCUT2D eigenvalue weighted by Gasteiger charge is -2.31. The first-order valence-corrected chi connectivity index (χ1v) is 7.94. The highest BCUT2D eigenvalue weighted by Gasteiger charge is 2.18. The number of hydrogen-bond donors (Lipinski definition) is 1. The highest BCUT2D eigenvalue weighted by molar-refractivity contribution is 5.22. The fourth-order valence-electron chi connectivity index (χ4n) is 2.76. The zero-order valence-electron chi connectivity index (χ0n) is 12.9. The van der Waals surface area contributed by atoms with Crippen molar-refractivity contribution in [2.45, 2.75) is 45.9 Å². The number of nitrogens with one attached hydrogen (secondary N) is 1. The molecule has 0 aromatic heterocycles. The Kier molecular flexibility index (Phi) is 6.51. The Bertz CT molecular complexity index is 369. The maximum Gasteiger partial charge on any atom is 0.0599 e. The van der Waals surface area contributed by atoms with Gasteiger partial charge < -0.3 is 10.1 Å². The zero-order valence-corrected chi connectivity index (χ0v) is 12.9. The number of benzene rings is 1. The third-order valence-corrected chi connectivity index (χ3v) is 3.95. The van der Waals surface area contributed by atoms with E-state index in [9.17, 15) is 0 Å². The summed E-state index contributed by atoms with van der Waals surface area (Å²) >= 11 is 0. The van der Waals surface area contributed by atoms with E-state index in [0.717, 1.165) is 39.3 Å². The van der Waals surface area contributed by atoms with Gasteiger partial charge in [0.05, 0.1) is 6.10 Å². The van der Waals surface area contributed by atoms with E-state index in [1.54, 1.807) is 0 Å². The van der Waals surface area contributed by atoms with Gasteiger partial charge in [0.1, 0.15) is 0 Å². The molecule has 1 aromatic rings. The number of ether oxygens (including phenoxy) is 1. The molecule has 1 fully saturated rings. The molecule has 20 heavy (non-hydrogen) atoms. The van der Waals surface area contributed by atoms with Gasteiger partial charge in [-0.05, 0) is 37.4 Å². The highest BCUT2D eigenvalue weighted by Crippen LogP contribution is 2.16. The summed E-state index contributed by atoms with van der Waals surface area (Å²) in [5.74, 6) is 0. The molecule has 1 aliphatic heterocycles. The molecular weight excluding hydrogens is 248 g/mol. The van der Waals surface area contributed by atoms with Gasteiger partial charge in [-0.3, -0.25) is 4.90 Å². The lowest BCUT2D eigenvalue weighted by molar-refractivity contribution is 0.0125. The molecule has 0 atom stereocenters. The van der Waals surface area contributed by atoms with Gasteiger partial charge in [0, 0.05) is 32.8 Å². The SMILES string of the molecule is CCNCc1ccc(CN2CCC(OCC)CC2)cc1. The molecule has 1 N–H and O–H groups in total. The highest BCUT2D eigenvalue weighted by atomic mass is 16.5. The molecule has 1 heterocycles. The van der Waals surface area contributed by atoms with E-state index >= 15 is 0 Å². The minimum absolute atomic E-state index is 0.485. The molecule has 1 aliphatic rings. The Labute approximate surface area is 123 Å². The van der Waals surface area contributed by atoms with Crippen LogP contribution in [0.15, 0.2) is 24.3 Å². The largest absolute Gasteiger partial charge is 0.378 e. The topological polar surface area (TPSA) is 24.5 Å². The normalized spacial score (nSPS) is 17.5. The summed E-state index contributed by atoms with van der Waals surface area (Å²) in [5, 5.41) is 3.36. The first-order chi connectivity index (χ1) is 9.81. The summed E-state index contributed by atoms with van der Waals surface area (Å²) in [6.07, 6.45) is 2.83. The number of piperidine rings is 1. The van der Waals surface area contributed by atoms with Crippen molar-refractivity contribution < 1.29 is 4.74 Å². The number of likely N-dealkylation sites (tertiary alicyclic amines) is 1. The van der Waals surface area contributed by atoms with Crippen molar-refractivity contribution in [1.29, 1.82) is 0 Å². The summed E-state index contributed by atoms with van der Waals surface area (Å²) in [7, 11) is 0. The summed E-state index contributed by atoms with van der Waals surface area (Å²) in [6, 6.07) is 9.01. The van der Waals surface area contributed by atoms with Crippen molar-refractivity contribution in [3.63, 3.8) is 0 Å². The third-order valence-electron chi connectivity index (χ3n) is 3.95. The number of nitrogens with zero attached hydrogens (tertiary/aromatic N) is 1. The third kappa shape index (κ3) is 4.89. The fourth-order valence-corrected chi connectivity index (χ4v) is 2.76. The quantitative estimate of drug-likeness (QED) is 0.829. The van der Waals surface area contributed by atoms with E-state index in [4.69, 9.17) is 4.74 Å². The van der Waals surface area contributed by atoms with Crippen molar-refractivity contribution in [3.05, 3.63) is 35.4 Å². The molecule has 0 radical (unpaired) electrons. The van der Waals surface area contributed by atoms with Crippen LogP contribution >= 0.6 is 0 Å². The fraction of sp³-hybridized carbons (Fsp3) is 0.647. The Balaban J connectivity index is 1.76. The summed E-state index contributed by atoms with van der Waals surface area (Å²) in [6.45, 7) is 10.4. The number of rotatable bonds is 7. The molecule has 3 heteroatoms. The Morgan fingerprint density at radius 3 is 2.35 bits per heavy atom. The first-order valence-electron chi connectivity index (χ1n) is 7.94. The Morgan fingerprint density at radius 1 is 1.10 bits per heavy atom. The molecule has 3 nitrogen and oxygen atoms in total. The van der Waals surface area contributed by atoms with E-state index < -0.39 is 0 Å². The van der Waals surface area contributed by atoms with E-state index in [1.807, 2.05) is 0 Å². The van der Waals surface area contributed by atoms with Gasteiger partial charge in [-0.1, -0.05) is 31.2 Å². The molecule has 0 unspecified atom stereocenters. The second kappa shape index (κ2) is 8.40. The second-order valence-corrected chi connectivity index (χ2v) is 5.53. The average molecular weight is 276 g/mol. The molecule has 0 amide bonds. The van der Waals surface area contributed by atoms with Crippen molar-refractivity contribution in [1.82, 2.24) is 10.2 Å². The van der Waals surface area contributed by atoms with Crippen LogP contribution in [-0.4, -0.2) is 37.2 Å². The molecule has 0 aliphatic carbocycles. The summed E-state index contributed by atoms with van der Waals surface area (Å²) < 4.78 is 5.70. The lowest BCUT2D eigenvalue weighted by atomic mass is 10.1. The van der Waals surface area contributed by atoms with Crippen molar-refractivity contribution in [2.75, 3.05) is 26.2 Å². The van der Waals surface area contributed by atoms with E-state index in [2.05, 4.69) is 48.3 Å². The molecule has 0 saturated carbocycles. The van der Waals surface area contributed by atoms with Crippen LogP contribution in [0.2, 0.25) is 0 Å². The maximum absolute atomic E-state index is 5.70.